The number of carbonyl (C=O) groups is 2. The molecule has 1 aromatic carbocycles. The summed E-state index contributed by atoms with van der Waals surface area (Å²) in [5.74, 6) is -1.68. The Bertz CT molecular complexity index is 415. The SMILES string of the molecule is Cc1ccccc1CNC(=O)C(C)CC(=O)O. The summed E-state index contributed by atoms with van der Waals surface area (Å²) in [6.45, 7) is 4.03. The van der Waals surface area contributed by atoms with Crippen LogP contribution < -0.4 is 5.32 Å². The molecule has 0 aromatic heterocycles. The summed E-state index contributed by atoms with van der Waals surface area (Å²) in [5, 5.41) is 11.3. The van der Waals surface area contributed by atoms with Gasteiger partial charge in [-0.15, -0.1) is 0 Å². The van der Waals surface area contributed by atoms with Gasteiger partial charge in [0.2, 0.25) is 5.91 Å². The number of hydrogen-bond donors (Lipinski definition) is 2. The highest BCUT2D eigenvalue weighted by molar-refractivity contribution is 5.82. The predicted molar refractivity (Wildman–Crippen MR) is 64.4 cm³/mol. The van der Waals surface area contributed by atoms with Crippen molar-refractivity contribution in [2.24, 2.45) is 5.92 Å². The minimum Gasteiger partial charge on any atom is -0.481 e. The van der Waals surface area contributed by atoms with Gasteiger partial charge in [0.15, 0.2) is 0 Å². The fourth-order valence-corrected chi connectivity index (χ4v) is 1.52. The number of rotatable bonds is 5. The van der Waals surface area contributed by atoms with Crippen molar-refractivity contribution in [2.45, 2.75) is 26.8 Å². The van der Waals surface area contributed by atoms with Crippen LogP contribution in [0.5, 0.6) is 0 Å². The Morgan fingerprint density at radius 2 is 2.00 bits per heavy atom. The average molecular weight is 235 g/mol. The third-order valence-electron chi connectivity index (χ3n) is 2.64. The molecule has 4 nitrogen and oxygen atoms in total. The number of amides is 1. The van der Waals surface area contributed by atoms with Gasteiger partial charge in [0.25, 0.3) is 0 Å². The van der Waals surface area contributed by atoms with E-state index in [0.717, 1.165) is 11.1 Å². The lowest BCUT2D eigenvalue weighted by atomic mass is 10.1. The second-order valence-electron chi connectivity index (χ2n) is 4.14. The molecule has 1 aromatic rings. The van der Waals surface area contributed by atoms with Crippen LogP contribution in [0.15, 0.2) is 24.3 Å². The van der Waals surface area contributed by atoms with E-state index in [1.165, 1.54) is 0 Å². The quantitative estimate of drug-likeness (QED) is 0.816. The molecule has 1 unspecified atom stereocenters. The first kappa shape index (κ1) is 13.2. The maximum Gasteiger partial charge on any atom is 0.304 e. The van der Waals surface area contributed by atoms with Crippen molar-refractivity contribution in [1.82, 2.24) is 5.32 Å². The van der Waals surface area contributed by atoms with Crippen molar-refractivity contribution in [3.05, 3.63) is 35.4 Å². The Kier molecular flexibility index (Phi) is 4.69. The first-order chi connectivity index (χ1) is 8.00. The molecule has 92 valence electrons. The van der Waals surface area contributed by atoms with E-state index in [1.54, 1.807) is 6.92 Å². The van der Waals surface area contributed by atoms with Gasteiger partial charge in [0.05, 0.1) is 6.42 Å². The van der Waals surface area contributed by atoms with Crippen LogP contribution in [0.2, 0.25) is 0 Å². The van der Waals surface area contributed by atoms with Crippen molar-refractivity contribution >= 4 is 11.9 Å². The van der Waals surface area contributed by atoms with E-state index < -0.39 is 11.9 Å². The number of carboxylic acid groups (broad SMARTS) is 1. The maximum absolute atomic E-state index is 11.6. The molecular formula is C13H17NO3. The third-order valence-corrected chi connectivity index (χ3v) is 2.64. The summed E-state index contributed by atoms with van der Waals surface area (Å²) < 4.78 is 0. The molecule has 0 bridgehead atoms. The van der Waals surface area contributed by atoms with Crippen LogP contribution in [0.3, 0.4) is 0 Å². The Labute approximate surface area is 101 Å². The second-order valence-corrected chi connectivity index (χ2v) is 4.14. The number of carboxylic acids is 1. The van der Waals surface area contributed by atoms with Crippen molar-refractivity contribution in [3.63, 3.8) is 0 Å². The van der Waals surface area contributed by atoms with Crippen LogP contribution in [-0.4, -0.2) is 17.0 Å². The lowest BCUT2D eigenvalue weighted by Crippen LogP contribution is -2.30. The minimum absolute atomic E-state index is 0.139. The maximum atomic E-state index is 11.6. The molecule has 17 heavy (non-hydrogen) atoms. The number of aryl methyl sites for hydroxylation is 1. The largest absolute Gasteiger partial charge is 0.481 e. The summed E-state index contributed by atoms with van der Waals surface area (Å²) in [6, 6.07) is 7.77. The van der Waals surface area contributed by atoms with Crippen LogP contribution in [-0.2, 0) is 16.1 Å². The Morgan fingerprint density at radius 3 is 2.59 bits per heavy atom. The van der Waals surface area contributed by atoms with Crippen LogP contribution in [0.1, 0.15) is 24.5 Å². The predicted octanol–water partition coefficient (Wildman–Crippen LogP) is 1.72. The topological polar surface area (TPSA) is 66.4 Å². The van der Waals surface area contributed by atoms with Crippen LogP contribution in [0.25, 0.3) is 0 Å². The zero-order valence-electron chi connectivity index (χ0n) is 10.1. The summed E-state index contributed by atoms with van der Waals surface area (Å²) in [4.78, 5) is 22.1. The van der Waals surface area contributed by atoms with E-state index in [0.29, 0.717) is 6.54 Å². The molecule has 0 saturated carbocycles. The monoisotopic (exact) mass is 235 g/mol. The van der Waals surface area contributed by atoms with E-state index in [4.69, 9.17) is 5.11 Å². The number of nitrogens with one attached hydrogen (secondary N) is 1. The summed E-state index contributed by atoms with van der Waals surface area (Å²) >= 11 is 0. The van der Waals surface area contributed by atoms with Crippen molar-refractivity contribution < 1.29 is 14.7 Å². The normalized spacial score (nSPS) is 11.9. The molecular weight excluding hydrogens is 218 g/mol. The number of carbonyl (C=O) groups excluding carboxylic acids is 1. The molecule has 0 aliphatic heterocycles. The highest BCUT2D eigenvalue weighted by Crippen LogP contribution is 2.07. The molecule has 0 saturated heterocycles. The Hall–Kier alpha value is -1.84. The fourth-order valence-electron chi connectivity index (χ4n) is 1.52. The first-order valence-electron chi connectivity index (χ1n) is 5.54. The van der Waals surface area contributed by atoms with Gasteiger partial charge >= 0.3 is 5.97 Å². The van der Waals surface area contributed by atoms with Gasteiger partial charge in [0.1, 0.15) is 0 Å². The van der Waals surface area contributed by atoms with E-state index in [1.807, 2.05) is 31.2 Å². The van der Waals surface area contributed by atoms with Crippen LogP contribution in [0, 0.1) is 12.8 Å². The molecule has 2 N–H and O–H groups in total. The van der Waals surface area contributed by atoms with Crippen LogP contribution >= 0.6 is 0 Å². The molecule has 0 radical (unpaired) electrons. The standard InChI is InChI=1S/C13H17NO3/c1-9-5-3-4-6-11(9)8-14-13(17)10(2)7-12(15)16/h3-6,10H,7-8H2,1-2H3,(H,14,17)(H,15,16). The smallest absolute Gasteiger partial charge is 0.304 e. The number of hydrogen-bond acceptors (Lipinski definition) is 2. The van der Waals surface area contributed by atoms with Crippen molar-refractivity contribution in [2.75, 3.05) is 0 Å². The molecule has 4 heteroatoms. The number of benzene rings is 1. The molecule has 0 fully saturated rings. The highest BCUT2D eigenvalue weighted by atomic mass is 16.4. The van der Waals surface area contributed by atoms with E-state index in [9.17, 15) is 9.59 Å². The van der Waals surface area contributed by atoms with E-state index in [2.05, 4.69) is 5.32 Å². The van der Waals surface area contributed by atoms with Crippen molar-refractivity contribution in [1.29, 1.82) is 0 Å². The lowest BCUT2D eigenvalue weighted by molar-refractivity contribution is -0.140. The van der Waals surface area contributed by atoms with Crippen molar-refractivity contribution in [3.8, 4) is 0 Å². The lowest BCUT2D eigenvalue weighted by Gasteiger charge is -2.11. The molecule has 0 spiro atoms. The van der Waals surface area contributed by atoms with Gasteiger partial charge in [-0.1, -0.05) is 31.2 Å². The summed E-state index contributed by atoms with van der Waals surface area (Å²) in [6.07, 6.45) is -0.139. The molecule has 1 amide bonds. The van der Waals surface area contributed by atoms with E-state index >= 15 is 0 Å². The molecule has 0 aliphatic carbocycles. The third kappa shape index (κ3) is 4.26. The summed E-state index contributed by atoms with van der Waals surface area (Å²) in [7, 11) is 0. The highest BCUT2D eigenvalue weighted by Gasteiger charge is 2.15. The van der Waals surface area contributed by atoms with Gasteiger partial charge < -0.3 is 10.4 Å². The fraction of sp³-hybridized carbons (Fsp3) is 0.385. The Morgan fingerprint density at radius 1 is 1.35 bits per heavy atom. The Balaban J connectivity index is 2.48. The number of aliphatic carboxylic acids is 1. The minimum atomic E-state index is -0.955. The van der Waals surface area contributed by atoms with Crippen LogP contribution in [0.4, 0.5) is 0 Å². The molecule has 0 aliphatic rings. The van der Waals surface area contributed by atoms with Gasteiger partial charge in [-0.05, 0) is 18.1 Å². The van der Waals surface area contributed by atoms with Gasteiger partial charge in [-0.2, -0.15) is 0 Å². The van der Waals surface area contributed by atoms with E-state index in [-0.39, 0.29) is 12.3 Å². The first-order valence-corrected chi connectivity index (χ1v) is 5.54. The van der Waals surface area contributed by atoms with Gasteiger partial charge in [-0.3, -0.25) is 9.59 Å². The molecule has 1 rings (SSSR count). The zero-order valence-corrected chi connectivity index (χ0v) is 10.1. The second kappa shape index (κ2) is 6.03. The summed E-state index contributed by atoms with van der Waals surface area (Å²) in [5.41, 5.74) is 2.15. The van der Waals surface area contributed by atoms with Gasteiger partial charge in [0, 0.05) is 12.5 Å². The average Bonchev–Trinajstić information content (AvgIpc) is 2.26. The zero-order chi connectivity index (χ0) is 12.8. The van der Waals surface area contributed by atoms with Gasteiger partial charge in [-0.25, -0.2) is 0 Å². The molecule has 0 heterocycles. The molecule has 1 atom stereocenters.